The molecule has 0 radical (unpaired) electrons. The minimum absolute atomic E-state index is 0.145. The van der Waals surface area contributed by atoms with Gasteiger partial charge in [0.25, 0.3) is 6.43 Å². The van der Waals surface area contributed by atoms with Gasteiger partial charge in [-0.15, -0.1) is 0 Å². The topological polar surface area (TPSA) is 29.9 Å². The van der Waals surface area contributed by atoms with Gasteiger partial charge in [-0.05, 0) is 26.8 Å². The molecule has 0 bridgehead atoms. The Kier molecular flexibility index (Phi) is 5.05. The van der Waals surface area contributed by atoms with E-state index in [1.165, 1.54) is 4.68 Å². The van der Waals surface area contributed by atoms with Crippen LogP contribution >= 0.6 is 0 Å². The second-order valence-electron chi connectivity index (χ2n) is 4.10. The highest BCUT2D eigenvalue weighted by atomic mass is 19.3. The van der Waals surface area contributed by atoms with Gasteiger partial charge in [-0.3, -0.25) is 4.68 Å². The van der Waals surface area contributed by atoms with E-state index in [1.54, 1.807) is 0 Å². The summed E-state index contributed by atoms with van der Waals surface area (Å²) in [5.41, 5.74) is 2.92. The van der Waals surface area contributed by atoms with Crippen molar-refractivity contribution in [2.45, 2.75) is 52.6 Å². The van der Waals surface area contributed by atoms with E-state index in [4.69, 9.17) is 0 Å². The zero-order chi connectivity index (χ0) is 13.0. The van der Waals surface area contributed by atoms with Crippen LogP contribution in [0, 0.1) is 0 Å². The van der Waals surface area contributed by atoms with Crippen LogP contribution in [-0.4, -0.2) is 23.3 Å². The SMILES string of the molecule is CCc1nn(CC(F)F)c(CC)c1C(C)NC. The van der Waals surface area contributed by atoms with Crippen LogP contribution in [-0.2, 0) is 19.4 Å². The second kappa shape index (κ2) is 6.10. The molecule has 1 aromatic heterocycles. The Morgan fingerprint density at radius 1 is 1.29 bits per heavy atom. The van der Waals surface area contributed by atoms with Gasteiger partial charge < -0.3 is 5.32 Å². The molecular formula is C12H21F2N3. The number of rotatable bonds is 6. The van der Waals surface area contributed by atoms with Crippen LogP contribution in [0.5, 0.6) is 0 Å². The molecule has 3 nitrogen and oxygen atoms in total. The molecule has 0 aliphatic rings. The van der Waals surface area contributed by atoms with Crippen LogP contribution in [0.15, 0.2) is 0 Å². The third-order valence-corrected chi connectivity index (χ3v) is 3.02. The largest absolute Gasteiger partial charge is 0.313 e. The van der Waals surface area contributed by atoms with Crippen molar-refractivity contribution in [2.24, 2.45) is 0 Å². The monoisotopic (exact) mass is 245 g/mol. The predicted octanol–water partition coefficient (Wildman–Crippen LogP) is 2.55. The lowest BCUT2D eigenvalue weighted by molar-refractivity contribution is 0.120. The van der Waals surface area contributed by atoms with E-state index in [0.29, 0.717) is 0 Å². The Hall–Kier alpha value is -0.970. The summed E-state index contributed by atoms with van der Waals surface area (Å²) in [6.07, 6.45) is -0.867. The van der Waals surface area contributed by atoms with E-state index in [1.807, 2.05) is 27.8 Å². The second-order valence-corrected chi connectivity index (χ2v) is 4.10. The van der Waals surface area contributed by atoms with E-state index in [0.717, 1.165) is 29.8 Å². The molecule has 1 unspecified atom stereocenters. The summed E-state index contributed by atoms with van der Waals surface area (Å²) in [6, 6.07) is 0.145. The Balaban J connectivity index is 3.20. The Morgan fingerprint density at radius 2 is 1.94 bits per heavy atom. The molecule has 5 heteroatoms. The maximum Gasteiger partial charge on any atom is 0.257 e. The fraction of sp³-hybridized carbons (Fsp3) is 0.750. The summed E-state index contributed by atoms with van der Waals surface area (Å²) in [7, 11) is 1.87. The van der Waals surface area contributed by atoms with Gasteiger partial charge in [-0.2, -0.15) is 5.10 Å². The lowest BCUT2D eigenvalue weighted by Gasteiger charge is -2.13. The van der Waals surface area contributed by atoms with Crippen LogP contribution in [0.4, 0.5) is 8.78 Å². The van der Waals surface area contributed by atoms with Crippen LogP contribution in [0.25, 0.3) is 0 Å². The van der Waals surface area contributed by atoms with E-state index in [-0.39, 0.29) is 12.6 Å². The number of alkyl halides is 2. The Morgan fingerprint density at radius 3 is 2.35 bits per heavy atom. The van der Waals surface area contributed by atoms with Crippen molar-refractivity contribution in [1.82, 2.24) is 15.1 Å². The third kappa shape index (κ3) is 3.03. The summed E-state index contributed by atoms with van der Waals surface area (Å²) < 4.78 is 26.4. The first kappa shape index (κ1) is 14.1. The first-order chi connectivity index (χ1) is 8.04. The summed E-state index contributed by atoms with van der Waals surface area (Å²) in [5, 5.41) is 7.46. The highest BCUT2D eigenvalue weighted by Crippen LogP contribution is 2.24. The smallest absolute Gasteiger partial charge is 0.257 e. The lowest BCUT2D eigenvalue weighted by atomic mass is 10.0. The van der Waals surface area contributed by atoms with Gasteiger partial charge in [0.05, 0.1) is 5.69 Å². The van der Waals surface area contributed by atoms with Crippen LogP contribution in [0.1, 0.15) is 43.8 Å². The molecule has 17 heavy (non-hydrogen) atoms. The minimum Gasteiger partial charge on any atom is -0.313 e. The maximum absolute atomic E-state index is 12.5. The van der Waals surface area contributed by atoms with Crippen molar-refractivity contribution < 1.29 is 8.78 Å². The summed E-state index contributed by atoms with van der Waals surface area (Å²) >= 11 is 0. The van der Waals surface area contributed by atoms with Crippen LogP contribution in [0.3, 0.4) is 0 Å². The molecule has 98 valence electrons. The fourth-order valence-corrected chi connectivity index (χ4v) is 2.13. The zero-order valence-electron chi connectivity index (χ0n) is 10.9. The number of nitrogens with one attached hydrogen (secondary N) is 1. The number of halogens is 2. The molecule has 0 aromatic carbocycles. The molecule has 0 saturated heterocycles. The van der Waals surface area contributed by atoms with E-state index in [9.17, 15) is 8.78 Å². The standard InChI is InChI=1S/C12H21F2N3/c1-5-9-12(8(3)15-4)10(6-2)17(16-9)7-11(13)14/h8,11,15H,5-7H2,1-4H3. The molecule has 1 N–H and O–H groups in total. The average molecular weight is 245 g/mol. The van der Waals surface area contributed by atoms with Crippen LogP contribution < -0.4 is 5.32 Å². The molecular weight excluding hydrogens is 224 g/mol. The predicted molar refractivity (Wildman–Crippen MR) is 64.5 cm³/mol. The van der Waals surface area contributed by atoms with Gasteiger partial charge in [0.15, 0.2) is 0 Å². The molecule has 0 fully saturated rings. The summed E-state index contributed by atoms with van der Waals surface area (Å²) in [5.74, 6) is 0. The van der Waals surface area contributed by atoms with Crippen molar-refractivity contribution in [3.05, 3.63) is 17.0 Å². The molecule has 0 amide bonds. The van der Waals surface area contributed by atoms with Gasteiger partial charge in [-0.25, -0.2) is 8.78 Å². The van der Waals surface area contributed by atoms with Crippen molar-refractivity contribution in [3.63, 3.8) is 0 Å². The highest BCUT2D eigenvalue weighted by molar-refractivity contribution is 5.30. The van der Waals surface area contributed by atoms with E-state index < -0.39 is 6.43 Å². The fourth-order valence-electron chi connectivity index (χ4n) is 2.13. The molecule has 1 rings (SSSR count). The average Bonchev–Trinajstić information content (AvgIpc) is 2.64. The van der Waals surface area contributed by atoms with Crippen molar-refractivity contribution >= 4 is 0 Å². The number of nitrogens with zero attached hydrogens (tertiary/aromatic N) is 2. The summed E-state index contributed by atoms with van der Waals surface area (Å²) in [4.78, 5) is 0. The molecule has 1 aromatic rings. The first-order valence-electron chi connectivity index (χ1n) is 6.08. The molecule has 0 aliphatic heterocycles. The molecule has 1 atom stereocenters. The molecule has 0 aliphatic carbocycles. The number of hydrogen-bond donors (Lipinski definition) is 1. The van der Waals surface area contributed by atoms with Gasteiger partial charge in [0, 0.05) is 17.3 Å². The summed E-state index contributed by atoms with van der Waals surface area (Å²) in [6.45, 7) is 5.69. The Labute approximate surface area is 101 Å². The minimum atomic E-state index is -2.36. The number of hydrogen-bond acceptors (Lipinski definition) is 2. The van der Waals surface area contributed by atoms with Gasteiger partial charge in [0.1, 0.15) is 6.54 Å². The molecule has 0 saturated carbocycles. The van der Waals surface area contributed by atoms with Crippen molar-refractivity contribution in [3.8, 4) is 0 Å². The number of aromatic nitrogens is 2. The lowest BCUT2D eigenvalue weighted by Crippen LogP contribution is -2.16. The third-order valence-electron chi connectivity index (χ3n) is 3.02. The maximum atomic E-state index is 12.5. The van der Waals surface area contributed by atoms with Crippen LogP contribution in [0.2, 0.25) is 0 Å². The van der Waals surface area contributed by atoms with E-state index >= 15 is 0 Å². The van der Waals surface area contributed by atoms with Crippen molar-refractivity contribution in [1.29, 1.82) is 0 Å². The quantitative estimate of drug-likeness (QED) is 0.834. The normalized spacial score (nSPS) is 13.4. The van der Waals surface area contributed by atoms with Crippen molar-refractivity contribution in [2.75, 3.05) is 7.05 Å². The first-order valence-corrected chi connectivity index (χ1v) is 6.08. The van der Waals surface area contributed by atoms with Gasteiger partial charge in [0.2, 0.25) is 0 Å². The molecule has 1 heterocycles. The van der Waals surface area contributed by atoms with Gasteiger partial charge in [-0.1, -0.05) is 13.8 Å². The highest BCUT2D eigenvalue weighted by Gasteiger charge is 2.20. The van der Waals surface area contributed by atoms with E-state index in [2.05, 4.69) is 10.4 Å². The van der Waals surface area contributed by atoms with Gasteiger partial charge >= 0.3 is 0 Å². The Bertz CT molecular complexity index is 361. The number of aryl methyl sites for hydroxylation is 1. The zero-order valence-corrected chi connectivity index (χ0v) is 10.9. The molecule has 0 spiro atoms.